The van der Waals surface area contributed by atoms with E-state index in [9.17, 15) is 37.5 Å². The summed E-state index contributed by atoms with van der Waals surface area (Å²) < 4.78 is 84.2. The molecule has 1 aromatic heterocycles. The predicted octanol–water partition coefficient (Wildman–Crippen LogP) is 10.2. The van der Waals surface area contributed by atoms with Crippen LogP contribution in [0.2, 0.25) is 0 Å². The number of hydrogen-bond acceptors (Lipinski definition) is 11. The molecule has 1 aliphatic heterocycles. The molecule has 1 aromatic rings. The van der Waals surface area contributed by atoms with Gasteiger partial charge in [0.25, 0.3) is 5.56 Å². The zero-order valence-electron chi connectivity index (χ0n) is 32.3. The molecule has 4 unspecified atom stereocenters. The molecule has 0 bridgehead atoms. The number of phosphoric ester groups is 2. The average Bonchev–Trinajstić information content (AvgIpc) is 3.47. The quantitative estimate of drug-likeness (QED) is 0.0438. The molecule has 1 saturated heterocycles. The summed E-state index contributed by atoms with van der Waals surface area (Å²) in [6.45, 7) is 3.17. The van der Waals surface area contributed by atoms with E-state index in [1.54, 1.807) is 0 Å². The van der Waals surface area contributed by atoms with Crippen LogP contribution in [0.25, 0.3) is 0 Å². The van der Waals surface area contributed by atoms with E-state index in [0.717, 1.165) is 74.6 Å². The minimum atomic E-state index is -5.61. The summed E-state index contributed by atoms with van der Waals surface area (Å²) in [7, 11) is -15.8. The first kappa shape index (κ1) is 49.1. The second-order valence-electron chi connectivity index (χ2n) is 14.0. The molecule has 54 heavy (non-hydrogen) atoms. The zero-order valence-corrected chi connectivity index (χ0v) is 35.0. The van der Waals surface area contributed by atoms with Crippen LogP contribution in [-0.4, -0.2) is 51.4 Å². The van der Waals surface area contributed by atoms with E-state index < -0.39 is 59.8 Å². The maximum Gasteiger partial charge on any atom is 0.490 e. The predicted molar refractivity (Wildman–Crippen MR) is 205 cm³/mol. The Labute approximate surface area is 320 Å². The van der Waals surface area contributed by atoms with Crippen molar-refractivity contribution in [2.75, 3.05) is 19.8 Å². The Kier molecular flexibility index (Phi) is 25.1. The van der Waals surface area contributed by atoms with E-state index >= 15 is 0 Å². The maximum absolute atomic E-state index is 14.6. The van der Waals surface area contributed by atoms with Gasteiger partial charge < -0.3 is 14.5 Å². The zero-order chi connectivity index (χ0) is 39.7. The van der Waals surface area contributed by atoms with E-state index in [1.165, 1.54) is 70.6 Å². The van der Waals surface area contributed by atoms with E-state index in [2.05, 4.69) is 18.2 Å². The van der Waals surface area contributed by atoms with Gasteiger partial charge in [0.05, 0.1) is 19.8 Å². The molecule has 0 aliphatic carbocycles. The van der Waals surface area contributed by atoms with Gasteiger partial charge in [-0.2, -0.15) is 8.62 Å². The third kappa shape index (κ3) is 22.1. The highest BCUT2D eigenvalue weighted by Crippen LogP contribution is 2.69. The fraction of sp³-hybridized carbons (Fsp3) is 0.886. The summed E-state index contributed by atoms with van der Waals surface area (Å²) in [6, 6.07) is 1.04. The van der Waals surface area contributed by atoms with Crippen LogP contribution in [0.4, 0.5) is 4.39 Å². The summed E-state index contributed by atoms with van der Waals surface area (Å²) in [5, 5.41) is 0. The van der Waals surface area contributed by atoms with Crippen LogP contribution < -0.4 is 11.2 Å². The number of H-pyrrole nitrogens is 1. The summed E-state index contributed by atoms with van der Waals surface area (Å²) in [4.78, 5) is 45.8. The van der Waals surface area contributed by atoms with Gasteiger partial charge in [-0.3, -0.25) is 27.9 Å². The number of phosphoric acid groups is 3. The largest absolute Gasteiger partial charge is 0.490 e. The molecular formula is C35H66FN2O13P3. The maximum atomic E-state index is 14.6. The second kappa shape index (κ2) is 27.6. The average molecular weight is 835 g/mol. The molecule has 19 heteroatoms. The number of alkyl halides is 1. The van der Waals surface area contributed by atoms with Crippen molar-refractivity contribution in [1.29, 1.82) is 0 Å². The van der Waals surface area contributed by atoms with E-state index in [4.69, 9.17) is 22.6 Å². The van der Waals surface area contributed by atoms with Gasteiger partial charge in [0.1, 0.15) is 18.5 Å². The normalized spacial score (nSPS) is 20.8. The molecule has 1 aliphatic rings. The number of hydrogen-bond donors (Lipinski definition) is 3. The van der Waals surface area contributed by atoms with Crippen LogP contribution in [0.1, 0.15) is 168 Å². The molecule has 0 spiro atoms. The van der Waals surface area contributed by atoms with E-state index in [-0.39, 0.29) is 19.6 Å². The lowest BCUT2D eigenvalue weighted by Gasteiger charge is -2.22. The Bertz CT molecular complexity index is 1410. The number of nitrogens with zero attached hydrogens (tertiary/aromatic N) is 1. The molecule has 15 nitrogen and oxygen atoms in total. The van der Waals surface area contributed by atoms with Crippen LogP contribution in [0.3, 0.4) is 0 Å². The SMILES string of the molecule is CCCCCCCCCCCCCCCCCCOP(=O)(OCCCCCCCC)OP(=O)(O)OP(=O)(O)OC[C@H]1O[C@@H](n2ccc(=O)[nH]c2=O)CC1F. The highest BCUT2D eigenvalue weighted by Gasteiger charge is 2.45. The topological polar surface area (TPSA) is 202 Å². The molecular weight excluding hydrogens is 768 g/mol. The van der Waals surface area contributed by atoms with Crippen molar-refractivity contribution in [3.05, 3.63) is 33.1 Å². The van der Waals surface area contributed by atoms with E-state index in [0.29, 0.717) is 12.8 Å². The fourth-order valence-electron chi connectivity index (χ4n) is 6.10. The molecule has 0 saturated carbocycles. The second-order valence-corrected chi connectivity index (χ2v) is 18.8. The monoisotopic (exact) mass is 834 g/mol. The van der Waals surface area contributed by atoms with Crippen molar-refractivity contribution in [2.24, 2.45) is 0 Å². The Morgan fingerprint density at radius 1 is 0.704 bits per heavy atom. The minimum Gasteiger partial charge on any atom is -0.349 e. The third-order valence-electron chi connectivity index (χ3n) is 9.13. The summed E-state index contributed by atoms with van der Waals surface area (Å²) in [5.74, 6) is 0. The van der Waals surface area contributed by atoms with Gasteiger partial charge in [-0.15, -0.1) is 0 Å². The van der Waals surface area contributed by atoms with Crippen molar-refractivity contribution in [2.45, 2.75) is 180 Å². The smallest absolute Gasteiger partial charge is 0.349 e. The van der Waals surface area contributed by atoms with Crippen LogP contribution in [-0.2, 0) is 40.6 Å². The Balaban J connectivity index is 1.77. The van der Waals surface area contributed by atoms with Gasteiger partial charge in [-0.05, 0) is 12.8 Å². The fourth-order valence-corrected chi connectivity index (χ4v) is 10.2. The van der Waals surface area contributed by atoms with Crippen molar-refractivity contribution in [1.82, 2.24) is 9.55 Å². The Hall–Kier alpha value is -1.02. The number of ether oxygens (including phenoxy) is 1. The molecule has 6 atom stereocenters. The van der Waals surface area contributed by atoms with Crippen molar-refractivity contribution in [3.63, 3.8) is 0 Å². The van der Waals surface area contributed by atoms with Gasteiger partial charge in [-0.25, -0.2) is 22.9 Å². The lowest BCUT2D eigenvalue weighted by atomic mass is 10.0. The van der Waals surface area contributed by atoms with Gasteiger partial charge >= 0.3 is 29.2 Å². The first-order valence-electron chi connectivity index (χ1n) is 20.0. The van der Waals surface area contributed by atoms with Crippen molar-refractivity contribution < 1.29 is 54.8 Å². The van der Waals surface area contributed by atoms with Crippen LogP contribution >= 0.6 is 23.5 Å². The molecule has 0 amide bonds. The van der Waals surface area contributed by atoms with Crippen LogP contribution in [0, 0.1) is 0 Å². The number of aromatic amines is 1. The van der Waals surface area contributed by atoms with Gasteiger partial charge in [0, 0.05) is 18.7 Å². The Morgan fingerprint density at radius 3 is 1.59 bits per heavy atom. The third-order valence-corrected chi connectivity index (χ3v) is 13.9. The van der Waals surface area contributed by atoms with E-state index in [1.807, 2.05) is 4.98 Å². The standard InChI is InChI=1S/C35H66FN2O13P3/c1-3-5-7-9-11-12-13-14-15-16-17-18-19-20-22-24-28-47-54(45,46-27-23-21-10-8-6-4-2)51-53(43,44)50-52(41,42)48-30-32-31(36)29-34(49-32)38-26-25-33(39)37-35(38)40/h25-26,31-32,34H,3-24,27-30H2,1-2H3,(H,41,42)(H,43,44)(H,37,39,40)/t31?,32-,34-,54?/m1/s1. The molecule has 316 valence electrons. The number of nitrogens with one attached hydrogen (secondary N) is 1. The van der Waals surface area contributed by atoms with Crippen LogP contribution in [0.15, 0.2) is 21.9 Å². The van der Waals surface area contributed by atoms with Gasteiger partial charge in [0.15, 0.2) is 0 Å². The number of aromatic nitrogens is 2. The molecule has 3 N–H and O–H groups in total. The van der Waals surface area contributed by atoms with Gasteiger partial charge in [-0.1, -0.05) is 142 Å². The highest BCUT2D eigenvalue weighted by atomic mass is 31.3. The summed E-state index contributed by atoms with van der Waals surface area (Å²) >= 11 is 0. The summed E-state index contributed by atoms with van der Waals surface area (Å²) in [6.07, 6.45) is 20.3. The van der Waals surface area contributed by atoms with Crippen molar-refractivity contribution in [3.8, 4) is 0 Å². The molecule has 2 rings (SSSR count). The first-order chi connectivity index (χ1) is 25.8. The Morgan fingerprint density at radius 2 is 1.15 bits per heavy atom. The minimum absolute atomic E-state index is 0.115. The molecule has 2 heterocycles. The van der Waals surface area contributed by atoms with Crippen LogP contribution in [0.5, 0.6) is 0 Å². The highest BCUT2D eigenvalue weighted by molar-refractivity contribution is 7.67. The number of halogens is 1. The molecule has 0 radical (unpaired) electrons. The lowest BCUT2D eigenvalue weighted by molar-refractivity contribution is -0.0350. The van der Waals surface area contributed by atoms with Crippen molar-refractivity contribution >= 4 is 23.5 Å². The summed E-state index contributed by atoms with van der Waals surface area (Å²) in [5.41, 5.74) is -1.51. The lowest BCUT2D eigenvalue weighted by Crippen LogP contribution is -2.31. The first-order valence-corrected chi connectivity index (χ1v) is 24.5. The van der Waals surface area contributed by atoms with Gasteiger partial charge in [0.2, 0.25) is 0 Å². The number of rotatable bonds is 34. The molecule has 0 aromatic carbocycles. The number of unbranched alkanes of at least 4 members (excludes halogenated alkanes) is 20. The molecule has 1 fully saturated rings.